The molecule has 5 heteroatoms. The molecule has 1 aromatic carbocycles. The Morgan fingerprint density at radius 3 is 2.89 bits per heavy atom. The zero-order valence-electron chi connectivity index (χ0n) is 10.4. The van der Waals surface area contributed by atoms with Gasteiger partial charge in [0, 0.05) is 12.2 Å². The maximum Gasteiger partial charge on any atom is 0.338 e. The SMILES string of the molecule is C=CCNC(=S)Nc1cccc(C(=O)OC)c1C. The lowest BCUT2D eigenvalue weighted by Gasteiger charge is -2.13. The Hall–Kier alpha value is -1.88. The van der Waals surface area contributed by atoms with E-state index in [9.17, 15) is 4.79 Å². The van der Waals surface area contributed by atoms with E-state index in [0.29, 0.717) is 17.2 Å². The first-order valence-corrected chi connectivity index (χ1v) is 5.84. The molecule has 0 bridgehead atoms. The molecule has 0 atom stereocenters. The van der Waals surface area contributed by atoms with Crippen molar-refractivity contribution >= 4 is 29.0 Å². The van der Waals surface area contributed by atoms with Crippen molar-refractivity contribution in [1.82, 2.24) is 5.32 Å². The number of benzene rings is 1. The molecule has 0 saturated heterocycles. The Morgan fingerprint density at radius 1 is 1.56 bits per heavy atom. The van der Waals surface area contributed by atoms with Gasteiger partial charge in [-0.3, -0.25) is 0 Å². The minimum absolute atomic E-state index is 0.360. The first-order chi connectivity index (χ1) is 8.60. The molecule has 0 aliphatic rings. The van der Waals surface area contributed by atoms with Crippen LogP contribution in [0.25, 0.3) is 0 Å². The predicted molar refractivity (Wildman–Crippen MR) is 76.9 cm³/mol. The van der Waals surface area contributed by atoms with Crippen LogP contribution in [-0.4, -0.2) is 24.7 Å². The number of thiocarbonyl (C=S) groups is 1. The van der Waals surface area contributed by atoms with Crippen molar-refractivity contribution in [1.29, 1.82) is 0 Å². The van der Waals surface area contributed by atoms with Crippen LogP contribution in [0, 0.1) is 6.92 Å². The van der Waals surface area contributed by atoms with Crippen LogP contribution >= 0.6 is 12.2 Å². The quantitative estimate of drug-likeness (QED) is 0.496. The molecule has 0 saturated carbocycles. The van der Waals surface area contributed by atoms with Crippen molar-refractivity contribution in [2.75, 3.05) is 19.0 Å². The zero-order valence-corrected chi connectivity index (χ0v) is 11.3. The summed E-state index contributed by atoms with van der Waals surface area (Å²) in [6, 6.07) is 5.34. The van der Waals surface area contributed by atoms with Crippen molar-refractivity contribution in [3.05, 3.63) is 42.0 Å². The van der Waals surface area contributed by atoms with Gasteiger partial charge in [0.1, 0.15) is 0 Å². The van der Waals surface area contributed by atoms with Gasteiger partial charge in [0.2, 0.25) is 0 Å². The molecule has 1 rings (SSSR count). The molecule has 0 spiro atoms. The number of anilines is 1. The fourth-order valence-corrected chi connectivity index (χ4v) is 1.63. The molecule has 18 heavy (non-hydrogen) atoms. The van der Waals surface area contributed by atoms with Crippen molar-refractivity contribution in [3.8, 4) is 0 Å². The van der Waals surface area contributed by atoms with E-state index >= 15 is 0 Å². The van der Waals surface area contributed by atoms with Crippen molar-refractivity contribution in [2.45, 2.75) is 6.92 Å². The molecular formula is C13H16N2O2S. The van der Waals surface area contributed by atoms with Gasteiger partial charge in [-0.1, -0.05) is 12.1 Å². The van der Waals surface area contributed by atoms with Crippen LogP contribution < -0.4 is 10.6 Å². The normalized spacial score (nSPS) is 9.44. The fourth-order valence-electron chi connectivity index (χ4n) is 1.43. The van der Waals surface area contributed by atoms with E-state index in [-0.39, 0.29) is 5.97 Å². The zero-order chi connectivity index (χ0) is 13.5. The molecule has 4 nitrogen and oxygen atoms in total. The Morgan fingerprint density at radius 2 is 2.28 bits per heavy atom. The maximum absolute atomic E-state index is 11.5. The summed E-state index contributed by atoms with van der Waals surface area (Å²) >= 11 is 5.11. The molecule has 0 radical (unpaired) electrons. The topological polar surface area (TPSA) is 50.4 Å². The monoisotopic (exact) mass is 264 g/mol. The third-order valence-electron chi connectivity index (χ3n) is 2.39. The van der Waals surface area contributed by atoms with Gasteiger partial charge < -0.3 is 15.4 Å². The number of rotatable bonds is 4. The molecule has 0 aliphatic heterocycles. The molecule has 0 amide bonds. The van der Waals surface area contributed by atoms with Crippen LogP contribution in [0.3, 0.4) is 0 Å². The molecule has 96 valence electrons. The number of methoxy groups -OCH3 is 1. The highest BCUT2D eigenvalue weighted by Crippen LogP contribution is 2.19. The lowest BCUT2D eigenvalue weighted by Crippen LogP contribution is -2.28. The van der Waals surface area contributed by atoms with Gasteiger partial charge in [0.25, 0.3) is 0 Å². The van der Waals surface area contributed by atoms with Gasteiger partial charge >= 0.3 is 5.97 Å². The number of hydrogen-bond acceptors (Lipinski definition) is 3. The number of carbonyl (C=O) groups is 1. The predicted octanol–water partition coefficient (Wildman–Crippen LogP) is 2.25. The molecular weight excluding hydrogens is 248 g/mol. The van der Waals surface area contributed by atoms with Gasteiger partial charge in [-0.15, -0.1) is 6.58 Å². The first kappa shape index (κ1) is 14.2. The Labute approximate surface area is 112 Å². The molecule has 0 fully saturated rings. The molecule has 1 aromatic rings. The third kappa shape index (κ3) is 3.56. The smallest absolute Gasteiger partial charge is 0.338 e. The Balaban J connectivity index is 2.87. The van der Waals surface area contributed by atoms with E-state index in [4.69, 9.17) is 17.0 Å². The van der Waals surface area contributed by atoms with Crippen LogP contribution in [-0.2, 0) is 4.74 Å². The van der Waals surface area contributed by atoms with E-state index < -0.39 is 0 Å². The van der Waals surface area contributed by atoms with Gasteiger partial charge in [-0.05, 0) is 36.8 Å². The highest BCUT2D eigenvalue weighted by atomic mass is 32.1. The lowest BCUT2D eigenvalue weighted by molar-refractivity contribution is 0.0600. The number of ether oxygens (including phenoxy) is 1. The van der Waals surface area contributed by atoms with E-state index in [1.165, 1.54) is 7.11 Å². The maximum atomic E-state index is 11.5. The third-order valence-corrected chi connectivity index (χ3v) is 2.64. The summed E-state index contributed by atoms with van der Waals surface area (Å²) < 4.78 is 4.71. The molecule has 0 unspecified atom stereocenters. The van der Waals surface area contributed by atoms with Gasteiger partial charge in [0.15, 0.2) is 5.11 Å². The van der Waals surface area contributed by atoms with Gasteiger partial charge in [-0.25, -0.2) is 4.79 Å². The average Bonchev–Trinajstić information content (AvgIpc) is 2.38. The Kier molecular flexibility index (Phi) is 5.32. The van der Waals surface area contributed by atoms with Crippen LogP contribution in [0.2, 0.25) is 0 Å². The molecule has 0 aliphatic carbocycles. The summed E-state index contributed by atoms with van der Waals surface area (Å²) in [5.74, 6) is -0.360. The van der Waals surface area contributed by atoms with Gasteiger partial charge in [0.05, 0.1) is 12.7 Å². The van der Waals surface area contributed by atoms with E-state index in [0.717, 1.165) is 11.3 Å². The van der Waals surface area contributed by atoms with E-state index in [2.05, 4.69) is 17.2 Å². The van der Waals surface area contributed by atoms with Crippen molar-refractivity contribution < 1.29 is 9.53 Å². The van der Waals surface area contributed by atoms with Crippen LogP contribution in [0.4, 0.5) is 5.69 Å². The highest BCUT2D eigenvalue weighted by molar-refractivity contribution is 7.80. The van der Waals surface area contributed by atoms with Crippen LogP contribution in [0.1, 0.15) is 15.9 Å². The second-order valence-corrected chi connectivity index (χ2v) is 4.00. The fraction of sp³-hybridized carbons (Fsp3) is 0.231. The van der Waals surface area contributed by atoms with Gasteiger partial charge in [-0.2, -0.15) is 0 Å². The largest absolute Gasteiger partial charge is 0.465 e. The number of hydrogen-bond donors (Lipinski definition) is 2. The summed E-state index contributed by atoms with van der Waals surface area (Å²) in [7, 11) is 1.36. The van der Waals surface area contributed by atoms with Crippen molar-refractivity contribution in [3.63, 3.8) is 0 Å². The van der Waals surface area contributed by atoms with E-state index in [1.54, 1.807) is 18.2 Å². The average molecular weight is 264 g/mol. The number of carbonyl (C=O) groups excluding carboxylic acids is 1. The summed E-state index contributed by atoms with van der Waals surface area (Å²) in [5, 5.41) is 6.47. The number of nitrogens with one attached hydrogen (secondary N) is 2. The molecule has 2 N–H and O–H groups in total. The minimum atomic E-state index is -0.360. The minimum Gasteiger partial charge on any atom is -0.465 e. The van der Waals surface area contributed by atoms with Crippen LogP contribution in [0.5, 0.6) is 0 Å². The van der Waals surface area contributed by atoms with Crippen molar-refractivity contribution in [2.24, 2.45) is 0 Å². The van der Waals surface area contributed by atoms with E-state index in [1.807, 2.05) is 13.0 Å². The first-order valence-electron chi connectivity index (χ1n) is 5.43. The summed E-state index contributed by atoms with van der Waals surface area (Å²) in [6.45, 7) is 6.02. The summed E-state index contributed by atoms with van der Waals surface area (Å²) in [5.41, 5.74) is 2.10. The molecule has 0 aromatic heterocycles. The lowest BCUT2D eigenvalue weighted by atomic mass is 10.1. The summed E-state index contributed by atoms with van der Waals surface area (Å²) in [6.07, 6.45) is 1.71. The number of esters is 1. The standard InChI is InChI=1S/C13H16N2O2S/c1-4-8-14-13(18)15-11-7-5-6-10(9(11)2)12(16)17-3/h4-7H,1,8H2,2-3H3,(H2,14,15,18). The Bertz CT molecular complexity index is 472. The molecule has 0 heterocycles. The summed E-state index contributed by atoms with van der Waals surface area (Å²) in [4.78, 5) is 11.5. The second-order valence-electron chi connectivity index (χ2n) is 3.59. The van der Waals surface area contributed by atoms with Crippen LogP contribution in [0.15, 0.2) is 30.9 Å². The second kappa shape index (κ2) is 6.76. The highest BCUT2D eigenvalue weighted by Gasteiger charge is 2.11.